The molecule has 1 heterocycles. The Morgan fingerprint density at radius 3 is 2.90 bits per heavy atom. The van der Waals surface area contributed by atoms with Gasteiger partial charge >= 0.3 is 0 Å². The fraction of sp³-hybridized carbons (Fsp3) is 0.188. The van der Waals surface area contributed by atoms with Gasteiger partial charge in [-0.25, -0.2) is 0 Å². The van der Waals surface area contributed by atoms with Crippen LogP contribution in [0.1, 0.15) is 16.4 Å². The molecule has 0 unspecified atom stereocenters. The van der Waals surface area contributed by atoms with Gasteiger partial charge in [0.2, 0.25) is 0 Å². The molecule has 0 amide bonds. The Morgan fingerprint density at radius 2 is 2.10 bits per heavy atom. The van der Waals surface area contributed by atoms with Gasteiger partial charge in [-0.05, 0) is 41.8 Å². The second-order valence-corrected chi connectivity index (χ2v) is 7.48. The van der Waals surface area contributed by atoms with Crippen molar-refractivity contribution in [2.45, 2.75) is 21.5 Å². The van der Waals surface area contributed by atoms with Gasteiger partial charge in [-0.2, -0.15) is 0 Å². The van der Waals surface area contributed by atoms with Crippen LogP contribution in [0.4, 0.5) is 0 Å². The van der Waals surface area contributed by atoms with Crippen LogP contribution in [0.2, 0.25) is 5.02 Å². The normalized spacial score (nSPS) is 16.7. The number of hydrogen-bond acceptors (Lipinski definition) is 4. The molecule has 0 aromatic heterocycles. The molecule has 5 heteroatoms. The molecule has 1 aliphatic rings. The summed E-state index contributed by atoms with van der Waals surface area (Å²) in [4.78, 5) is 13.1. The van der Waals surface area contributed by atoms with Gasteiger partial charge in [-0.3, -0.25) is 0 Å². The first-order valence-corrected chi connectivity index (χ1v) is 8.74. The number of aliphatic carboxylic acids is 1. The van der Waals surface area contributed by atoms with Gasteiger partial charge in [0, 0.05) is 25.8 Å². The van der Waals surface area contributed by atoms with Crippen LogP contribution in [0.15, 0.2) is 52.3 Å². The molecule has 0 aliphatic carbocycles. The van der Waals surface area contributed by atoms with E-state index in [1.165, 1.54) is 32.7 Å². The lowest BCUT2D eigenvalue weighted by atomic mass is 10.0. The molecule has 1 atom stereocenters. The predicted molar refractivity (Wildman–Crippen MR) is 85.9 cm³/mol. The Kier molecular flexibility index (Phi) is 4.48. The van der Waals surface area contributed by atoms with Gasteiger partial charge in [0.15, 0.2) is 0 Å². The summed E-state index contributed by atoms with van der Waals surface area (Å²) < 4.78 is 0. The van der Waals surface area contributed by atoms with E-state index in [4.69, 9.17) is 11.6 Å². The van der Waals surface area contributed by atoms with Crippen LogP contribution in [0.3, 0.4) is 0 Å². The molecule has 2 nitrogen and oxygen atoms in total. The van der Waals surface area contributed by atoms with Gasteiger partial charge in [0.25, 0.3) is 0 Å². The van der Waals surface area contributed by atoms with Crippen LogP contribution in [0.5, 0.6) is 0 Å². The fourth-order valence-electron chi connectivity index (χ4n) is 2.39. The van der Waals surface area contributed by atoms with Crippen LogP contribution in [0.25, 0.3) is 0 Å². The minimum Gasteiger partial charge on any atom is -0.549 e. The second-order valence-electron chi connectivity index (χ2n) is 4.77. The number of fused-ring (bicyclic) bond motifs is 2. The predicted octanol–water partition coefficient (Wildman–Crippen LogP) is 3.57. The number of hydrogen-bond donors (Lipinski definition) is 0. The molecular formula is C16H12ClO2S2-. The van der Waals surface area contributed by atoms with Crippen molar-refractivity contribution >= 4 is 41.1 Å². The number of carbonyl (C=O) groups excluding carboxylic acids is 1. The minimum atomic E-state index is -1.03. The number of carboxylic acids is 1. The van der Waals surface area contributed by atoms with E-state index >= 15 is 0 Å². The van der Waals surface area contributed by atoms with Crippen molar-refractivity contribution in [3.63, 3.8) is 0 Å². The first-order valence-electron chi connectivity index (χ1n) is 6.50. The van der Waals surface area contributed by atoms with E-state index in [2.05, 4.69) is 12.1 Å². The lowest BCUT2D eigenvalue weighted by Crippen LogP contribution is -2.25. The van der Waals surface area contributed by atoms with Crippen molar-refractivity contribution in [2.75, 3.05) is 5.75 Å². The lowest BCUT2D eigenvalue weighted by Gasteiger charge is -2.17. The van der Waals surface area contributed by atoms with E-state index in [-0.39, 0.29) is 11.0 Å². The van der Waals surface area contributed by atoms with Crippen molar-refractivity contribution in [1.82, 2.24) is 0 Å². The zero-order valence-electron chi connectivity index (χ0n) is 11.0. The molecular weight excluding hydrogens is 324 g/mol. The summed E-state index contributed by atoms with van der Waals surface area (Å²) in [6, 6.07) is 14.1. The summed E-state index contributed by atoms with van der Waals surface area (Å²) in [6.45, 7) is 0. The number of carboxylic acid groups (broad SMARTS) is 1. The summed E-state index contributed by atoms with van der Waals surface area (Å²) in [5.74, 6) is -1.03. The molecule has 1 aliphatic heterocycles. The number of thioether (sulfide) groups is 1. The summed E-state index contributed by atoms with van der Waals surface area (Å²) >= 11 is 9.22. The maximum absolute atomic E-state index is 10.8. The zero-order chi connectivity index (χ0) is 14.8. The number of benzene rings is 2. The molecule has 0 radical (unpaired) electrons. The first kappa shape index (κ1) is 14.8. The highest BCUT2D eigenvalue weighted by atomic mass is 35.5. The van der Waals surface area contributed by atoms with E-state index < -0.39 is 5.97 Å². The Bertz CT molecular complexity index is 688. The minimum absolute atomic E-state index is 0.000430. The lowest BCUT2D eigenvalue weighted by molar-refractivity contribution is -0.301. The third-order valence-electron chi connectivity index (χ3n) is 3.32. The van der Waals surface area contributed by atoms with E-state index in [1.54, 1.807) is 11.8 Å². The highest BCUT2D eigenvalue weighted by Gasteiger charge is 2.23. The first-order chi connectivity index (χ1) is 10.1. The molecule has 2 aromatic rings. The monoisotopic (exact) mass is 335 g/mol. The molecule has 108 valence electrons. The summed E-state index contributed by atoms with van der Waals surface area (Å²) in [5.41, 5.74) is 2.35. The number of rotatable bonds is 3. The fourth-order valence-corrected chi connectivity index (χ4v) is 4.80. The van der Waals surface area contributed by atoms with Gasteiger partial charge in [-0.15, -0.1) is 11.8 Å². The Morgan fingerprint density at radius 1 is 1.29 bits per heavy atom. The SMILES string of the molecule is O=C([O-])CS[C@@H]1Cc2cc(Cl)ccc2Sc2ccccc21. The van der Waals surface area contributed by atoms with E-state index in [0.29, 0.717) is 5.02 Å². The van der Waals surface area contributed by atoms with Crippen LogP contribution >= 0.6 is 35.1 Å². The van der Waals surface area contributed by atoms with Crippen LogP contribution in [0, 0.1) is 0 Å². The zero-order valence-corrected chi connectivity index (χ0v) is 13.4. The molecule has 0 saturated heterocycles. The van der Waals surface area contributed by atoms with Crippen LogP contribution < -0.4 is 5.11 Å². The number of halogens is 1. The number of carbonyl (C=O) groups is 1. The molecule has 0 N–H and O–H groups in total. The second kappa shape index (κ2) is 6.34. The molecule has 0 fully saturated rings. The van der Waals surface area contributed by atoms with Gasteiger partial charge in [0.05, 0.1) is 5.97 Å². The Labute approximate surface area is 136 Å². The summed E-state index contributed by atoms with van der Waals surface area (Å²) in [5, 5.41) is 11.6. The van der Waals surface area contributed by atoms with E-state index in [9.17, 15) is 9.90 Å². The third kappa shape index (κ3) is 3.39. The Hall–Kier alpha value is -1.10. The molecule has 21 heavy (non-hydrogen) atoms. The van der Waals surface area contributed by atoms with Crippen molar-refractivity contribution in [3.05, 3.63) is 58.6 Å². The highest BCUT2D eigenvalue weighted by Crippen LogP contribution is 2.45. The largest absolute Gasteiger partial charge is 0.549 e. The maximum atomic E-state index is 10.8. The van der Waals surface area contributed by atoms with E-state index in [1.807, 2.05) is 30.3 Å². The van der Waals surface area contributed by atoms with Gasteiger partial charge in [0.1, 0.15) is 0 Å². The summed E-state index contributed by atoms with van der Waals surface area (Å²) in [7, 11) is 0. The highest BCUT2D eigenvalue weighted by molar-refractivity contribution is 8.00. The average molecular weight is 336 g/mol. The third-order valence-corrected chi connectivity index (χ3v) is 5.99. The van der Waals surface area contributed by atoms with Crippen molar-refractivity contribution in [1.29, 1.82) is 0 Å². The summed E-state index contributed by atoms with van der Waals surface area (Å²) in [6.07, 6.45) is 0.776. The van der Waals surface area contributed by atoms with Gasteiger partial charge < -0.3 is 9.90 Å². The van der Waals surface area contributed by atoms with Crippen LogP contribution in [-0.4, -0.2) is 11.7 Å². The molecule has 0 spiro atoms. The van der Waals surface area contributed by atoms with Crippen LogP contribution in [-0.2, 0) is 11.2 Å². The van der Waals surface area contributed by atoms with Gasteiger partial charge in [-0.1, -0.05) is 41.6 Å². The van der Waals surface area contributed by atoms with E-state index in [0.717, 1.165) is 6.42 Å². The molecule has 2 aromatic carbocycles. The maximum Gasteiger partial charge on any atom is 0.0513 e. The van der Waals surface area contributed by atoms with Crippen molar-refractivity contribution < 1.29 is 9.90 Å². The average Bonchev–Trinajstić information content (AvgIpc) is 2.61. The molecule has 3 rings (SSSR count). The topological polar surface area (TPSA) is 40.1 Å². The van der Waals surface area contributed by atoms with Crippen molar-refractivity contribution in [3.8, 4) is 0 Å². The molecule has 0 saturated carbocycles. The molecule has 0 bridgehead atoms. The van der Waals surface area contributed by atoms with Crippen molar-refractivity contribution in [2.24, 2.45) is 0 Å². The Balaban J connectivity index is 2.00. The smallest absolute Gasteiger partial charge is 0.0513 e. The standard InChI is InChI=1S/C16H13ClO2S2/c17-11-5-6-13-10(7-11)8-15(20-9-16(18)19)12-3-1-2-4-14(12)21-13/h1-7,15H,8-9H2,(H,18,19)/p-1/t15-/m1/s1. The quantitative estimate of drug-likeness (QED) is 0.859.